The number of aromatic nitrogens is 2. The first-order valence-electron chi connectivity index (χ1n) is 12.0. The van der Waals surface area contributed by atoms with Gasteiger partial charge in [-0.15, -0.1) is 0 Å². The van der Waals surface area contributed by atoms with Gasteiger partial charge in [-0.1, -0.05) is 12.1 Å². The topological polar surface area (TPSA) is 91.5 Å². The Kier molecular flexibility index (Phi) is 7.19. The summed E-state index contributed by atoms with van der Waals surface area (Å²) in [4.78, 5) is 15.6. The predicted molar refractivity (Wildman–Crippen MR) is 131 cm³/mol. The molecule has 5 rings (SSSR count). The number of amides is 1. The second kappa shape index (κ2) is 10.8. The van der Waals surface area contributed by atoms with Crippen LogP contribution in [0.1, 0.15) is 21.5 Å². The normalized spacial score (nSPS) is 16.5. The number of carbonyl (C=O) groups is 1. The zero-order valence-corrected chi connectivity index (χ0v) is 19.3. The fraction of sp³-hybridized carbons (Fsp3) is 0.385. The number of hydrogen-bond acceptors (Lipinski definition) is 6. The van der Waals surface area contributed by atoms with Crippen molar-refractivity contribution in [2.75, 3.05) is 57.9 Å². The van der Waals surface area contributed by atoms with E-state index in [2.05, 4.69) is 37.9 Å². The molecular weight excluding hydrogens is 430 g/mol. The Morgan fingerprint density at radius 2 is 1.91 bits per heavy atom. The maximum Gasteiger partial charge on any atom is 0.259 e. The Balaban J connectivity index is 1.33. The highest BCUT2D eigenvalue weighted by molar-refractivity contribution is 6.06. The van der Waals surface area contributed by atoms with E-state index in [9.17, 15) is 4.79 Å². The maximum absolute atomic E-state index is 13.3. The third-order valence-corrected chi connectivity index (χ3v) is 6.43. The van der Waals surface area contributed by atoms with E-state index in [1.54, 1.807) is 6.20 Å². The minimum absolute atomic E-state index is 0.174. The molecule has 0 radical (unpaired) electrons. The van der Waals surface area contributed by atoms with Gasteiger partial charge >= 0.3 is 0 Å². The number of aromatic amines is 1. The van der Waals surface area contributed by atoms with Crippen LogP contribution in [-0.4, -0.2) is 73.5 Å². The fourth-order valence-electron chi connectivity index (χ4n) is 4.48. The van der Waals surface area contributed by atoms with Gasteiger partial charge in [0.15, 0.2) is 0 Å². The number of rotatable bonds is 7. The van der Waals surface area contributed by atoms with Crippen LogP contribution in [0.4, 0.5) is 5.69 Å². The summed E-state index contributed by atoms with van der Waals surface area (Å²) in [7, 11) is 0. The Morgan fingerprint density at radius 1 is 1.06 bits per heavy atom. The molecule has 178 valence electrons. The molecule has 1 aromatic heterocycles. The summed E-state index contributed by atoms with van der Waals surface area (Å²) < 4.78 is 11.6. The van der Waals surface area contributed by atoms with Gasteiger partial charge in [-0.2, -0.15) is 5.10 Å². The van der Waals surface area contributed by atoms with Crippen molar-refractivity contribution < 1.29 is 14.3 Å². The van der Waals surface area contributed by atoms with E-state index in [0.29, 0.717) is 17.9 Å². The van der Waals surface area contributed by atoms with Gasteiger partial charge in [0.25, 0.3) is 5.91 Å². The van der Waals surface area contributed by atoms with Gasteiger partial charge in [-0.05, 0) is 66.9 Å². The largest absolute Gasteiger partial charge is 0.491 e. The summed E-state index contributed by atoms with van der Waals surface area (Å²) in [5.74, 6) is 0.398. The predicted octanol–water partition coefficient (Wildman–Crippen LogP) is 2.73. The third kappa shape index (κ3) is 5.47. The Bertz CT molecular complexity index is 1110. The minimum atomic E-state index is -0.174. The van der Waals surface area contributed by atoms with Gasteiger partial charge in [-0.3, -0.25) is 14.8 Å². The van der Waals surface area contributed by atoms with Crippen LogP contribution in [0.25, 0.3) is 11.1 Å². The molecule has 0 spiro atoms. The summed E-state index contributed by atoms with van der Waals surface area (Å²) in [6, 6.07) is 11.9. The van der Waals surface area contributed by atoms with Crippen molar-refractivity contribution in [2.45, 2.75) is 12.8 Å². The Morgan fingerprint density at radius 3 is 2.74 bits per heavy atom. The molecule has 0 bridgehead atoms. The minimum Gasteiger partial charge on any atom is -0.491 e. The molecule has 2 aliphatic heterocycles. The van der Waals surface area contributed by atoms with Gasteiger partial charge in [0.2, 0.25) is 0 Å². The molecule has 1 saturated heterocycles. The highest BCUT2D eigenvalue weighted by Crippen LogP contribution is 2.28. The highest BCUT2D eigenvalue weighted by atomic mass is 16.5. The van der Waals surface area contributed by atoms with Crippen LogP contribution in [0.3, 0.4) is 0 Å². The van der Waals surface area contributed by atoms with E-state index in [1.807, 2.05) is 30.5 Å². The van der Waals surface area contributed by atoms with Gasteiger partial charge in [0.05, 0.1) is 25.0 Å². The second-order valence-corrected chi connectivity index (χ2v) is 8.69. The van der Waals surface area contributed by atoms with Crippen molar-refractivity contribution >= 4 is 11.6 Å². The number of benzene rings is 2. The van der Waals surface area contributed by atoms with E-state index in [1.165, 1.54) is 11.1 Å². The van der Waals surface area contributed by atoms with E-state index in [4.69, 9.17) is 9.47 Å². The molecule has 0 aliphatic carbocycles. The van der Waals surface area contributed by atoms with Gasteiger partial charge < -0.3 is 20.1 Å². The first-order chi connectivity index (χ1) is 16.8. The van der Waals surface area contributed by atoms with Crippen molar-refractivity contribution in [3.05, 3.63) is 65.5 Å². The molecule has 8 heteroatoms. The Hall–Kier alpha value is -3.20. The smallest absolute Gasteiger partial charge is 0.259 e. The Labute approximate surface area is 199 Å². The standard InChI is InChI=1S/C26H31N5O3/c32-26(30-23-3-1-19-5-7-27-8-6-21(19)15-23)24-4-2-20(22-17-28-29-18-22)16-25(24)34-14-11-31-9-12-33-13-10-31/h1-4,15-18,27H,5-14H2,(H,28,29)(H,30,32). The second-order valence-electron chi connectivity index (χ2n) is 8.69. The number of anilines is 1. The third-order valence-electron chi connectivity index (χ3n) is 6.43. The molecule has 2 aliphatic rings. The van der Waals surface area contributed by atoms with Crippen molar-refractivity contribution in [2.24, 2.45) is 0 Å². The number of nitrogens with zero attached hydrogens (tertiary/aromatic N) is 2. The number of ether oxygens (including phenoxy) is 2. The van der Waals surface area contributed by atoms with Crippen molar-refractivity contribution in [3.63, 3.8) is 0 Å². The van der Waals surface area contributed by atoms with E-state index in [-0.39, 0.29) is 5.91 Å². The van der Waals surface area contributed by atoms with Crippen LogP contribution < -0.4 is 15.4 Å². The van der Waals surface area contributed by atoms with Crippen molar-refractivity contribution in [3.8, 4) is 16.9 Å². The molecule has 1 amide bonds. The molecule has 2 aromatic carbocycles. The number of nitrogens with one attached hydrogen (secondary N) is 3. The molecule has 1 fully saturated rings. The lowest BCUT2D eigenvalue weighted by Crippen LogP contribution is -2.38. The lowest BCUT2D eigenvalue weighted by atomic mass is 10.0. The zero-order valence-electron chi connectivity index (χ0n) is 19.3. The first-order valence-corrected chi connectivity index (χ1v) is 12.0. The summed E-state index contributed by atoms with van der Waals surface area (Å²) in [5, 5.41) is 13.4. The number of fused-ring (bicyclic) bond motifs is 1. The van der Waals surface area contributed by atoms with Crippen molar-refractivity contribution in [1.29, 1.82) is 0 Å². The number of morpholine rings is 1. The number of H-pyrrole nitrogens is 1. The summed E-state index contributed by atoms with van der Waals surface area (Å²) in [6.07, 6.45) is 5.57. The molecule has 0 unspecified atom stereocenters. The van der Waals surface area contributed by atoms with Crippen LogP contribution in [0.2, 0.25) is 0 Å². The van der Waals surface area contributed by atoms with Gasteiger partial charge in [0, 0.05) is 37.1 Å². The van der Waals surface area contributed by atoms with Crippen LogP contribution in [-0.2, 0) is 17.6 Å². The quantitative estimate of drug-likeness (QED) is 0.501. The fourth-order valence-corrected chi connectivity index (χ4v) is 4.48. The van der Waals surface area contributed by atoms with E-state index < -0.39 is 0 Å². The monoisotopic (exact) mass is 461 g/mol. The van der Waals surface area contributed by atoms with Gasteiger partial charge in [-0.25, -0.2) is 0 Å². The average molecular weight is 462 g/mol. The average Bonchev–Trinajstić information content (AvgIpc) is 3.31. The SMILES string of the molecule is O=C(Nc1ccc2c(c1)CCNCC2)c1ccc(-c2cn[nH]c2)cc1OCCN1CCOCC1. The van der Waals surface area contributed by atoms with E-state index >= 15 is 0 Å². The first kappa shape index (κ1) is 22.6. The summed E-state index contributed by atoms with van der Waals surface area (Å²) >= 11 is 0. The molecule has 0 atom stereocenters. The zero-order chi connectivity index (χ0) is 23.2. The number of hydrogen-bond donors (Lipinski definition) is 3. The number of carbonyl (C=O) groups excluding carboxylic acids is 1. The summed E-state index contributed by atoms with van der Waals surface area (Å²) in [5.41, 5.74) is 5.86. The molecule has 3 heterocycles. The lowest BCUT2D eigenvalue weighted by Gasteiger charge is -2.26. The van der Waals surface area contributed by atoms with E-state index in [0.717, 1.165) is 75.6 Å². The van der Waals surface area contributed by atoms with Crippen LogP contribution in [0.5, 0.6) is 5.75 Å². The molecule has 0 saturated carbocycles. The highest BCUT2D eigenvalue weighted by Gasteiger charge is 2.17. The molecule has 34 heavy (non-hydrogen) atoms. The maximum atomic E-state index is 13.3. The van der Waals surface area contributed by atoms with Crippen LogP contribution >= 0.6 is 0 Å². The molecule has 3 aromatic rings. The summed E-state index contributed by atoms with van der Waals surface area (Å²) in [6.45, 7) is 6.55. The molecule has 8 nitrogen and oxygen atoms in total. The van der Waals surface area contributed by atoms with Gasteiger partial charge in [0.1, 0.15) is 12.4 Å². The molecular formula is C26H31N5O3. The van der Waals surface area contributed by atoms with Crippen LogP contribution in [0, 0.1) is 0 Å². The lowest BCUT2D eigenvalue weighted by molar-refractivity contribution is 0.0322. The van der Waals surface area contributed by atoms with Crippen LogP contribution in [0.15, 0.2) is 48.8 Å². The molecule has 3 N–H and O–H groups in total. The van der Waals surface area contributed by atoms with Crippen molar-refractivity contribution in [1.82, 2.24) is 20.4 Å².